The minimum absolute atomic E-state index is 0.0173. The lowest BCUT2D eigenvalue weighted by molar-refractivity contribution is 0.461. The van der Waals surface area contributed by atoms with Crippen LogP contribution in [0.2, 0.25) is 0 Å². The van der Waals surface area contributed by atoms with Crippen LogP contribution >= 0.6 is 22.6 Å². The summed E-state index contributed by atoms with van der Waals surface area (Å²) in [5.41, 5.74) is 10.0. The summed E-state index contributed by atoms with van der Waals surface area (Å²) in [6.45, 7) is 2.13. The zero-order valence-electron chi connectivity index (χ0n) is 12.4. The first-order valence-corrected chi connectivity index (χ1v) is 8.77. The summed E-state index contributed by atoms with van der Waals surface area (Å²) in [4.78, 5) is 0. The molecular weight excluding hydrogens is 373 g/mol. The average Bonchev–Trinajstić information content (AvgIpc) is 3.12. The number of rotatable bonds is 4. The van der Waals surface area contributed by atoms with Crippen molar-refractivity contribution in [1.82, 2.24) is 9.78 Å². The molecule has 0 amide bonds. The fourth-order valence-corrected chi connectivity index (χ4v) is 3.91. The molecule has 4 heteroatoms. The number of nitrogens with zero attached hydrogens (tertiary/aromatic N) is 2. The van der Waals surface area contributed by atoms with Gasteiger partial charge in [0, 0.05) is 22.2 Å². The maximum Gasteiger partial charge on any atom is 0.0643 e. The molecule has 3 rings (SSSR count). The Morgan fingerprint density at radius 1 is 1.33 bits per heavy atom. The summed E-state index contributed by atoms with van der Waals surface area (Å²) in [6, 6.07) is 9.10. The lowest BCUT2D eigenvalue weighted by Crippen LogP contribution is -2.16. The Balaban J connectivity index is 1.72. The zero-order valence-corrected chi connectivity index (χ0v) is 14.6. The zero-order chi connectivity index (χ0) is 14.8. The van der Waals surface area contributed by atoms with Crippen molar-refractivity contribution in [2.75, 3.05) is 0 Å². The van der Waals surface area contributed by atoms with Gasteiger partial charge >= 0.3 is 0 Å². The topological polar surface area (TPSA) is 43.8 Å². The third-order valence-electron chi connectivity index (χ3n) is 4.41. The van der Waals surface area contributed by atoms with Crippen LogP contribution in [0.15, 0.2) is 30.5 Å². The van der Waals surface area contributed by atoms with Gasteiger partial charge < -0.3 is 5.73 Å². The third kappa shape index (κ3) is 3.31. The van der Waals surface area contributed by atoms with E-state index in [0.717, 1.165) is 12.1 Å². The van der Waals surface area contributed by atoms with E-state index in [0.29, 0.717) is 6.04 Å². The van der Waals surface area contributed by atoms with Crippen molar-refractivity contribution in [3.05, 3.63) is 50.9 Å². The van der Waals surface area contributed by atoms with Gasteiger partial charge in [-0.2, -0.15) is 5.10 Å². The molecule has 1 aromatic carbocycles. The molecule has 3 nitrogen and oxygen atoms in total. The van der Waals surface area contributed by atoms with Crippen molar-refractivity contribution in [1.29, 1.82) is 0 Å². The molecule has 1 saturated carbocycles. The first-order chi connectivity index (χ1) is 10.1. The molecule has 2 aromatic rings. The summed E-state index contributed by atoms with van der Waals surface area (Å²) in [5, 5.41) is 4.74. The maximum atomic E-state index is 6.41. The highest BCUT2D eigenvalue weighted by Gasteiger charge is 2.18. The Morgan fingerprint density at radius 2 is 2.10 bits per heavy atom. The highest BCUT2D eigenvalue weighted by atomic mass is 127. The predicted octanol–water partition coefficient (Wildman–Crippen LogP) is 4.15. The fourth-order valence-electron chi connectivity index (χ4n) is 3.15. The summed E-state index contributed by atoms with van der Waals surface area (Å²) in [7, 11) is 0. The molecule has 0 radical (unpaired) electrons. The number of aromatic nitrogens is 2. The van der Waals surface area contributed by atoms with Crippen molar-refractivity contribution in [3.8, 4) is 0 Å². The van der Waals surface area contributed by atoms with Gasteiger partial charge in [-0.15, -0.1) is 0 Å². The lowest BCUT2D eigenvalue weighted by atomic mass is 10.0. The number of nitrogens with two attached hydrogens (primary N) is 1. The third-order valence-corrected chi connectivity index (χ3v) is 5.89. The quantitative estimate of drug-likeness (QED) is 0.791. The van der Waals surface area contributed by atoms with Crippen molar-refractivity contribution in [2.45, 2.75) is 51.1 Å². The monoisotopic (exact) mass is 395 g/mol. The van der Waals surface area contributed by atoms with E-state index in [1.807, 2.05) is 0 Å². The summed E-state index contributed by atoms with van der Waals surface area (Å²) in [6.07, 6.45) is 8.13. The minimum atomic E-state index is 0.0173. The minimum Gasteiger partial charge on any atom is -0.324 e. The number of hydrogen-bond donors (Lipinski definition) is 1. The molecule has 1 atom stereocenters. The average molecular weight is 395 g/mol. The molecule has 112 valence electrons. The second kappa shape index (κ2) is 6.48. The Morgan fingerprint density at radius 3 is 2.86 bits per heavy atom. The normalized spacial score (nSPS) is 17.3. The number of halogens is 1. The predicted molar refractivity (Wildman–Crippen MR) is 94.3 cm³/mol. The molecule has 0 bridgehead atoms. The molecule has 21 heavy (non-hydrogen) atoms. The second-order valence-corrected chi connectivity index (χ2v) is 7.09. The highest BCUT2D eigenvalue weighted by Crippen LogP contribution is 2.29. The van der Waals surface area contributed by atoms with Gasteiger partial charge in [0.25, 0.3) is 0 Å². The molecule has 0 spiro atoms. The van der Waals surface area contributed by atoms with Crippen LogP contribution in [-0.2, 0) is 6.42 Å². The van der Waals surface area contributed by atoms with Crippen LogP contribution in [0, 0.1) is 10.5 Å². The van der Waals surface area contributed by atoms with E-state index in [9.17, 15) is 0 Å². The van der Waals surface area contributed by atoms with Crippen LogP contribution in [0.25, 0.3) is 0 Å². The Hall–Kier alpha value is -0.880. The van der Waals surface area contributed by atoms with E-state index >= 15 is 0 Å². The lowest BCUT2D eigenvalue weighted by Gasteiger charge is -2.14. The Kier molecular flexibility index (Phi) is 4.64. The molecule has 1 unspecified atom stereocenters. The molecular formula is C17H22IN3. The van der Waals surface area contributed by atoms with Crippen molar-refractivity contribution >= 4 is 22.6 Å². The van der Waals surface area contributed by atoms with Crippen LogP contribution in [0.3, 0.4) is 0 Å². The van der Waals surface area contributed by atoms with E-state index in [-0.39, 0.29) is 6.04 Å². The van der Waals surface area contributed by atoms with Gasteiger partial charge in [-0.3, -0.25) is 4.68 Å². The smallest absolute Gasteiger partial charge is 0.0643 e. The molecule has 1 heterocycles. The van der Waals surface area contributed by atoms with Crippen molar-refractivity contribution in [2.24, 2.45) is 5.73 Å². The fraction of sp³-hybridized carbons (Fsp3) is 0.471. The van der Waals surface area contributed by atoms with Crippen LogP contribution in [0.5, 0.6) is 0 Å². The highest BCUT2D eigenvalue weighted by molar-refractivity contribution is 14.1. The number of hydrogen-bond acceptors (Lipinski definition) is 2. The van der Waals surface area contributed by atoms with Gasteiger partial charge in [0.1, 0.15) is 0 Å². The molecule has 2 N–H and O–H groups in total. The van der Waals surface area contributed by atoms with Crippen LogP contribution in [-0.4, -0.2) is 9.78 Å². The summed E-state index contributed by atoms with van der Waals surface area (Å²) >= 11 is 2.39. The largest absolute Gasteiger partial charge is 0.324 e. The van der Waals surface area contributed by atoms with Gasteiger partial charge in [0.2, 0.25) is 0 Å². The Bertz CT molecular complexity index is 614. The van der Waals surface area contributed by atoms with Crippen LogP contribution < -0.4 is 5.73 Å². The standard InChI is InChI=1S/C17H22IN3/c1-12-5-4-8-15(17(12)18)16(19)11-13-9-10-21(20-13)14-6-2-3-7-14/h4-5,8-10,14,16H,2-3,6-7,11,19H2,1H3. The van der Waals surface area contributed by atoms with Crippen molar-refractivity contribution < 1.29 is 0 Å². The first kappa shape index (κ1) is 15.0. The van der Waals surface area contributed by atoms with Gasteiger partial charge in [0.05, 0.1) is 11.7 Å². The van der Waals surface area contributed by atoms with Crippen LogP contribution in [0.4, 0.5) is 0 Å². The molecule has 1 aliphatic rings. The number of aryl methyl sites for hydroxylation is 1. The van der Waals surface area contributed by atoms with Crippen LogP contribution in [0.1, 0.15) is 54.6 Å². The van der Waals surface area contributed by atoms with Gasteiger partial charge in [-0.25, -0.2) is 0 Å². The maximum absolute atomic E-state index is 6.41. The van der Waals surface area contributed by atoms with Gasteiger partial charge in [-0.05, 0) is 59.5 Å². The van der Waals surface area contributed by atoms with E-state index in [2.05, 4.69) is 64.7 Å². The number of benzene rings is 1. The SMILES string of the molecule is Cc1cccc(C(N)Cc2ccn(C3CCCC3)n2)c1I. The first-order valence-electron chi connectivity index (χ1n) is 7.70. The van der Waals surface area contributed by atoms with Gasteiger partial charge in [-0.1, -0.05) is 31.0 Å². The summed E-state index contributed by atoms with van der Waals surface area (Å²) in [5.74, 6) is 0. The second-order valence-electron chi connectivity index (χ2n) is 6.01. The van der Waals surface area contributed by atoms with Crippen molar-refractivity contribution in [3.63, 3.8) is 0 Å². The van der Waals surface area contributed by atoms with E-state index in [1.54, 1.807) is 0 Å². The molecule has 1 aromatic heterocycles. The molecule has 0 aliphatic heterocycles. The molecule has 0 saturated heterocycles. The van der Waals surface area contributed by atoms with E-state index < -0.39 is 0 Å². The molecule has 1 aliphatic carbocycles. The van der Waals surface area contributed by atoms with E-state index in [1.165, 1.54) is 40.4 Å². The summed E-state index contributed by atoms with van der Waals surface area (Å²) < 4.78 is 3.42. The Labute approximate surface area is 140 Å². The van der Waals surface area contributed by atoms with Gasteiger partial charge in [0.15, 0.2) is 0 Å². The molecule has 1 fully saturated rings. The van der Waals surface area contributed by atoms with E-state index in [4.69, 9.17) is 10.8 Å².